The van der Waals surface area contributed by atoms with Crippen molar-refractivity contribution in [3.8, 4) is 0 Å². The lowest BCUT2D eigenvalue weighted by atomic mass is 9.92. The number of fused-ring (bicyclic) bond motifs is 1. The Labute approximate surface area is 123 Å². The third kappa shape index (κ3) is 2.53. The van der Waals surface area contributed by atoms with Crippen LogP contribution >= 0.6 is 0 Å². The standard InChI is InChI=1S/C16H20N2O3/c1-16(17,13-4-5-13)15(21)18-7-6-10-2-3-11(14(19)20)8-12(10)9-18/h2-3,8,13H,4-7,9,17H2,1H3,(H,19,20). The summed E-state index contributed by atoms with van der Waals surface area (Å²) in [4.78, 5) is 25.4. The fourth-order valence-electron chi connectivity index (χ4n) is 3.06. The Morgan fingerprint density at radius 1 is 1.33 bits per heavy atom. The van der Waals surface area contributed by atoms with Gasteiger partial charge in [-0.15, -0.1) is 0 Å². The van der Waals surface area contributed by atoms with E-state index in [1.165, 1.54) is 0 Å². The molecule has 1 heterocycles. The Balaban J connectivity index is 1.81. The molecule has 1 fully saturated rings. The highest BCUT2D eigenvalue weighted by molar-refractivity contribution is 5.88. The Kier molecular flexibility index (Phi) is 3.24. The van der Waals surface area contributed by atoms with E-state index < -0.39 is 11.5 Å². The van der Waals surface area contributed by atoms with E-state index in [9.17, 15) is 9.59 Å². The van der Waals surface area contributed by atoms with Crippen LogP contribution in [0.4, 0.5) is 0 Å². The maximum Gasteiger partial charge on any atom is 0.335 e. The smallest absolute Gasteiger partial charge is 0.335 e. The molecule has 0 spiro atoms. The van der Waals surface area contributed by atoms with Gasteiger partial charge in [0, 0.05) is 13.1 Å². The summed E-state index contributed by atoms with van der Waals surface area (Å²) >= 11 is 0. The van der Waals surface area contributed by atoms with Crippen LogP contribution in [0.3, 0.4) is 0 Å². The molecule has 1 aliphatic carbocycles. The van der Waals surface area contributed by atoms with Crippen LogP contribution in [0.5, 0.6) is 0 Å². The second-order valence-electron chi connectivity index (χ2n) is 6.32. The summed E-state index contributed by atoms with van der Waals surface area (Å²) < 4.78 is 0. The van der Waals surface area contributed by atoms with Gasteiger partial charge in [0.15, 0.2) is 0 Å². The number of nitrogens with zero attached hydrogens (tertiary/aromatic N) is 1. The Bertz CT molecular complexity index is 606. The normalized spacial score (nSPS) is 20.6. The molecule has 1 atom stereocenters. The monoisotopic (exact) mass is 288 g/mol. The zero-order chi connectivity index (χ0) is 15.2. The van der Waals surface area contributed by atoms with Crippen molar-refractivity contribution < 1.29 is 14.7 Å². The minimum Gasteiger partial charge on any atom is -0.478 e. The number of nitrogens with two attached hydrogens (primary N) is 1. The topological polar surface area (TPSA) is 83.6 Å². The largest absolute Gasteiger partial charge is 0.478 e. The number of carbonyl (C=O) groups excluding carboxylic acids is 1. The number of aromatic carboxylic acids is 1. The molecule has 1 aliphatic heterocycles. The minimum atomic E-state index is -0.942. The summed E-state index contributed by atoms with van der Waals surface area (Å²) in [7, 11) is 0. The number of rotatable bonds is 3. The summed E-state index contributed by atoms with van der Waals surface area (Å²) in [6.45, 7) is 2.92. The van der Waals surface area contributed by atoms with Gasteiger partial charge in [-0.2, -0.15) is 0 Å². The third-order valence-corrected chi connectivity index (χ3v) is 4.64. The quantitative estimate of drug-likeness (QED) is 0.880. The van der Waals surface area contributed by atoms with Gasteiger partial charge < -0.3 is 15.7 Å². The van der Waals surface area contributed by atoms with Gasteiger partial charge in [0.25, 0.3) is 0 Å². The fourth-order valence-corrected chi connectivity index (χ4v) is 3.06. The number of carboxylic acid groups (broad SMARTS) is 1. The highest BCUT2D eigenvalue weighted by Gasteiger charge is 2.46. The number of carboxylic acids is 1. The van der Waals surface area contributed by atoms with Gasteiger partial charge in [0.1, 0.15) is 0 Å². The first-order valence-corrected chi connectivity index (χ1v) is 7.33. The molecule has 0 radical (unpaired) electrons. The van der Waals surface area contributed by atoms with Crippen LogP contribution in [0, 0.1) is 5.92 Å². The molecule has 2 aliphatic rings. The lowest BCUT2D eigenvalue weighted by Gasteiger charge is -2.35. The molecule has 0 bridgehead atoms. The minimum absolute atomic E-state index is 0.0172. The molecule has 1 unspecified atom stereocenters. The van der Waals surface area contributed by atoms with E-state index in [2.05, 4.69) is 0 Å². The second kappa shape index (κ2) is 4.84. The lowest BCUT2D eigenvalue weighted by molar-refractivity contribution is -0.138. The van der Waals surface area contributed by atoms with Crippen molar-refractivity contribution in [2.75, 3.05) is 6.54 Å². The van der Waals surface area contributed by atoms with Crippen LogP contribution in [0.1, 0.15) is 41.3 Å². The molecule has 112 valence electrons. The van der Waals surface area contributed by atoms with Crippen molar-refractivity contribution in [3.63, 3.8) is 0 Å². The molecular weight excluding hydrogens is 268 g/mol. The van der Waals surface area contributed by atoms with E-state index in [0.717, 1.165) is 30.4 Å². The van der Waals surface area contributed by atoms with Crippen LogP contribution in [0.25, 0.3) is 0 Å². The molecule has 1 amide bonds. The first kappa shape index (κ1) is 14.1. The van der Waals surface area contributed by atoms with Gasteiger partial charge in [-0.1, -0.05) is 6.07 Å². The maximum atomic E-state index is 12.6. The van der Waals surface area contributed by atoms with E-state index in [1.54, 1.807) is 17.0 Å². The molecule has 21 heavy (non-hydrogen) atoms. The van der Waals surface area contributed by atoms with Gasteiger partial charge in [-0.05, 0) is 55.4 Å². The van der Waals surface area contributed by atoms with Crippen molar-refractivity contribution in [3.05, 3.63) is 34.9 Å². The first-order chi connectivity index (χ1) is 9.89. The van der Waals surface area contributed by atoms with Crippen molar-refractivity contribution in [1.29, 1.82) is 0 Å². The van der Waals surface area contributed by atoms with Gasteiger partial charge in [-0.25, -0.2) is 4.79 Å². The molecule has 1 aromatic rings. The highest BCUT2D eigenvalue weighted by atomic mass is 16.4. The van der Waals surface area contributed by atoms with E-state index in [0.29, 0.717) is 13.1 Å². The number of hydrogen-bond donors (Lipinski definition) is 2. The van der Waals surface area contributed by atoms with Gasteiger partial charge in [0.05, 0.1) is 11.1 Å². The maximum absolute atomic E-state index is 12.6. The van der Waals surface area contributed by atoms with Gasteiger partial charge in [0.2, 0.25) is 5.91 Å². The van der Waals surface area contributed by atoms with Crippen molar-refractivity contribution in [2.45, 2.75) is 38.3 Å². The van der Waals surface area contributed by atoms with E-state index >= 15 is 0 Å². The van der Waals surface area contributed by atoms with E-state index in [1.807, 2.05) is 13.0 Å². The summed E-state index contributed by atoms with van der Waals surface area (Å²) in [5.74, 6) is -0.670. The fraction of sp³-hybridized carbons (Fsp3) is 0.500. The molecule has 5 nitrogen and oxygen atoms in total. The average molecular weight is 288 g/mol. The van der Waals surface area contributed by atoms with Crippen LogP contribution in [0.15, 0.2) is 18.2 Å². The molecule has 0 saturated heterocycles. The van der Waals surface area contributed by atoms with Crippen molar-refractivity contribution >= 4 is 11.9 Å². The summed E-state index contributed by atoms with van der Waals surface area (Å²) in [5.41, 5.74) is 7.72. The Hall–Kier alpha value is -1.88. The number of carbonyl (C=O) groups is 2. The molecule has 1 saturated carbocycles. The first-order valence-electron chi connectivity index (χ1n) is 7.33. The average Bonchev–Trinajstić information content (AvgIpc) is 3.30. The van der Waals surface area contributed by atoms with E-state index in [-0.39, 0.29) is 17.4 Å². The summed E-state index contributed by atoms with van der Waals surface area (Å²) in [6.07, 6.45) is 2.79. The van der Waals surface area contributed by atoms with Gasteiger partial charge >= 0.3 is 5.97 Å². The highest BCUT2D eigenvalue weighted by Crippen LogP contribution is 2.39. The summed E-state index contributed by atoms with van der Waals surface area (Å²) in [5, 5.41) is 9.07. The molecular formula is C16H20N2O3. The number of amides is 1. The number of benzene rings is 1. The summed E-state index contributed by atoms with van der Waals surface area (Å²) in [6, 6.07) is 5.14. The Morgan fingerprint density at radius 2 is 2.05 bits per heavy atom. The molecule has 3 N–H and O–H groups in total. The van der Waals surface area contributed by atoms with Crippen LogP contribution in [-0.4, -0.2) is 34.0 Å². The van der Waals surface area contributed by atoms with E-state index in [4.69, 9.17) is 10.8 Å². The molecule has 0 aromatic heterocycles. The lowest BCUT2D eigenvalue weighted by Crippen LogP contribution is -2.55. The Morgan fingerprint density at radius 3 is 2.67 bits per heavy atom. The molecule has 1 aromatic carbocycles. The zero-order valence-electron chi connectivity index (χ0n) is 12.1. The molecule has 3 rings (SSSR count). The second-order valence-corrected chi connectivity index (χ2v) is 6.32. The predicted molar refractivity (Wildman–Crippen MR) is 77.8 cm³/mol. The van der Waals surface area contributed by atoms with Crippen molar-refractivity contribution in [1.82, 2.24) is 4.90 Å². The van der Waals surface area contributed by atoms with Crippen LogP contribution in [0.2, 0.25) is 0 Å². The third-order valence-electron chi connectivity index (χ3n) is 4.64. The van der Waals surface area contributed by atoms with Gasteiger partial charge in [-0.3, -0.25) is 4.79 Å². The predicted octanol–water partition coefficient (Wildman–Crippen LogP) is 1.40. The zero-order valence-corrected chi connectivity index (χ0v) is 12.1. The molecule has 5 heteroatoms. The van der Waals surface area contributed by atoms with Crippen LogP contribution in [-0.2, 0) is 17.8 Å². The van der Waals surface area contributed by atoms with Crippen molar-refractivity contribution in [2.24, 2.45) is 11.7 Å². The SMILES string of the molecule is CC(N)(C(=O)N1CCc2ccc(C(=O)O)cc2C1)C1CC1. The number of hydrogen-bond acceptors (Lipinski definition) is 3. The van der Waals surface area contributed by atoms with Crippen LogP contribution < -0.4 is 5.73 Å².